The number of thiophene rings is 3. The molecule has 19 heteroatoms. The fourth-order valence-electron chi connectivity index (χ4n) is 8.42. The summed E-state index contributed by atoms with van der Waals surface area (Å²) in [4.78, 5) is 27.8. The van der Waals surface area contributed by atoms with E-state index in [1.165, 1.54) is 132 Å². The van der Waals surface area contributed by atoms with E-state index >= 15 is 0 Å². The van der Waals surface area contributed by atoms with Crippen LogP contribution in [0.25, 0.3) is 39.9 Å². The van der Waals surface area contributed by atoms with Crippen molar-refractivity contribution in [1.82, 2.24) is 0 Å². The third-order valence-corrected chi connectivity index (χ3v) is 15.7. The zero-order valence-electron chi connectivity index (χ0n) is 37.3. The van der Waals surface area contributed by atoms with Gasteiger partial charge in [0, 0.05) is 55.9 Å². The zero-order chi connectivity index (χ0) is 49.7. The molecule has 0 saturated heterocycles. The first-order chi connectivity index (χ1) is 32.0. The maximum absolute atomic E-state index is 11.8. The number of aliphatic carboxylic acids is 1. The van der Waals surface area contributed by atoms with Crippen LogP contribution in [0, 0.1) is 13.1 Å². The van der Waals surface area contributed by atoms with E-state index in [4.69, 9.17) is 50.4 Å². The SMILES string of the molecule is BrBr.CC(=O)O.CCO.CCOC(=O)c1ccc2c(C3CCCC3)c(Br)sc2c1.O=S(=O)(O)O.[C-]#[N+]c1ccc2c(C3CCCC3)c(Br)sc2c1.[C-]#[N+]c1ccc2c(C3CCCC3)csc2c1. The first-order valence-electron chi connectivity index (χ1n) is 21.5. The second kappa shape index (κ2) is 30.1. The summed E-state index contributed by atoms with van der Waals surface area (Å²) in [5.41, 5.74) is 6.59. The first kappa shape index (κ1) is 58.5. The lowest BCUT2D eigenvalue weighted by Gasteiger charge is -2.09. The Morgan fingerprint density at radius 3 is 1.49 bits per heavy atom. The average Bonchev–Trinajstić information content (AvgIpc) is 4.16. The van der Waals surface area contributed by atoms with Crippen LogP contribution in [0.2, 0.25) is 0 Å². The molecule has 3 saturated carbocycles. The molecule has 362 valence electrons. The van der Waals surface area contributed by atoms with Gasteiger partial charge in [0.05, 0.1) is 32.9 Å². The summed E-state index contributed by atoms with van der Waals surface area (Å²) in [5.74, 6) is 1.09. The molecule has 0 bridgehead atoms. The Hall–Kier alpha value is -2.79. The number of hydrogen-bond acceptors (Lipinski definition) is 9. The third-order valence-electron chi connectivity index (χ3n) is 11.0. The normalized spacial score (nSPS) is 14.5. The van der Waals surface area contributed by atoms with Crippen molar-refractivity contribution >= 4 is 158 Å². The minimum atomic E-state index is -4.67. The van der Waals surface area contributed by atoms with Gasteiger partial charge in [0.2, 0.25) is 0 Å². The summed E-state index contributed by atoms with van der Waals surface area (Å²) >= 11 is 18.2. The molecular weight excluding hydrogens is 1200 g/mol. The van der Waals surface area contributed by atoms with Gasteiger partial charge in [-0.1, -0.05) is 68.9 Å². The predicted molar refractivity (Wildman–Crippen MR) is 291 cm³/mol. The molecule has 3 aromatic heterocycles. The predicted octanol–water partition coefficient (Wildman–Crippen LogP) is 17.6. The number of hydrogen-bond donors (Lipinski definition) is 4. The van der Waals surface area contributed by atoms with Gasteiger partial charge in [-0.05, 0) is 164 Å². The Balaban J connectivity index is 0.000000235. The molecule has 0 aliphatic heterocycles. The summed E-state index contributed by atoms with van der Waals surface area (Å²) in [5, 5.41) is 21.3. The Kier molecular flexibility index (Phi) is 26.3. The zero-order valence-corrected chi connectivity index (χ0v) is 46.9. The molecule has 0 unspecified atom stereocenters. The molecular formula is C48H54Br4N2O9S4. The third kappa shape index (κ3) is 18.5. The van der Waals surface area contributed by atoms with Crippen molar-refractivity contribution in [3.63, 3.8) is 0 Å². The van der Waals surface area contributed by atoms with Crippen LogP contribution in [-0.2, 0) is 19.9 Å². The van der Waals surface area contributed by atoms with E-state index in [1.807, 2.05) is 43.3 Å². The van der Waals surface area contributed by atoms with Gasteiger partial charge in [0.15, 0.2) is 11.4 Å². The minimum Gasteiger partial charge on any atom is -0.481 e. The summed E-state index contributed by atoms with van der Waals surface area (Å²) in [6.45, 7) is 19.3. The molecule has 3 fully saturated rings. The van der Waals surface area contributed by atoms with E-state index in [9.17, 15) is 4.79 Å². The summed E-state index contributed by atoms with van der Waals surface area (Å²) in [6, 6.07) is 18.1. The number of carboxylic acids is 1. The molecule has 9 rings (SSSR count). The monoisotopic (exact) mass is 1250 g/mol. The van der Waals surface area contributed by atoms with E-state index < -0.39 is 16.4 Å². The van der Waals surface area contributed by atoms with Crippen molar-refractivity contribution in [2.24, 2.45) is 0 Å². The van der Waals surface area contributed by atoms with E-state index in [0.717, 1.165) is 30.1 Å². The first-order valence-corrected chi connectivity index (χ1v) is 30.8. The number of carbonyl (C=O) groups excluding carboxylic acids is 1. The number of ether oxygens (including phenoxy) is 1. The lowest BCUT2D eigenvalue weighted by molar-refractivity contribution is -0.134. The number of benzene rings is 3. The van der Waals surface area contributed by atoms with Gasteiger partial charge in [0.25, 0.3) is 5.97 Å². The smallest absolute Gasteiger partial charge is 0.394 e. The van der Waals surface area contributed by atoms with Gasteiger partial charge < -0.3 is 14.9 Å². The molecule has 6 aromatic rings. The van der Waals surface area contributed by atoms with Crippen LogP contribution in [0.3, 0.4) is 0 Å². The number of rotatable bonds is 5. The molecule has 3 aliphatic rings. The number of nitrogens with zero attached hydrogens (tertiary/aromatic N) is 2. The van der Waals surface area contributed by atoms with Crippen molar-refractivity contribution in [3.8, 4) is 0 Å². The molecule has 3 heterocycles. The fourth-order valence-corrected chi connectivity index (χ4v) is 13.7. The van der Waals surface area contributed by atoms with E-state index in [0.29, 0.717) is 18.1 Å². The molecule has 11 nitrogen and oxygen atoms in total. The Labute approximate surface area is 437 Å². The highest BCUT2D eigenvalue weighted by molar-refractivity contribution is 9.93. The molecule has 0 radical (unpaired) electrons. The van der Waals surface area contributed by atoms with Crippen molar-refractivity contribution < 1.29 is 42.1 Å². The van der Waals surface area contributed by atoms with Gasteiger partial charge in [-0.2, -0.15) is 8.42 Å². The van der Waals surface area contributed by atoms with E-state index in [2.05, 4.69) is 93.4 Å². The average molecular weight is 1250 g/mol. The van der Waals surface area contributed by atoms with Crippen molar-refractivity contribution in [2.75, 3.05) is 13.2 Å². The second-order valence-electron chi connectivity index (χ2n) is 15.5. The van der Waals surface area contributed by atoms with Crippen molar-refractivity contribution in [2.45, 2.75) is 116 Å². The number of fused-ring (bicyclic) bond motifs is 3. The standard InChI is InChI=1S/C16H17BrO2S.C14H12BrNS.C14H13NS.C2H4O2.C2H6O.Br2.H2O4S/c1-2-19-16(18)11-7-8-12-13(9-11)20-15(17)14(12)10-5-3-4-6-10;1-16-10-6-7-11-12(8-10)17-14(15)13(11)9-4-2-3-5-9;1-15-11-6-7-12-13(9-16-14(12)8-11)10-4-2-3-5-10;1-2(3)4;1-2-3;1-2;1-5(2,3)4/h7-10H,2-6H2,1H3;6-9H,2-5H2;6-10H,2-5H2;1H3,(H,3,4);3H,2H2,1H3;;(H2,1,2,3,4). The number of carboxylic acid groups (broad SMARTS) is 1. The van der Waals surface area contributed by atoms with Crippen LogP contribution in [0.15, 0.2) is 67.6 Å². The molecule has 3 aliphatic carbocycles. The van der Waals surface area contributed by atoms with Gasteiger partial charge >= 0.3 is 16.4 Å². The van der Waals surface area contributed by atoms with Crippen LogP contribution < -0.4 is 0 Å². The highest BCUT2D eigenvalue weighted by atomic mass is 80.9. The number of esters is 1. The Morgan fingerprint density at radius 2 is 1.07 bits per heavy atom. The van der Waals surface area contributed by atoms with Crippen LogP contribution in [0.1, 0.15) is 143 Å². The van der Waals surface area contributed by atoms with Gasteiger partial charge in [-0.25, -0.2) is 14.5 Å². The van der Waals surface area contributed by atoms with Crippen molar-refractivity contribution in [1.29, 1.82) is 0 Å². The van der Waals surface area contributed by atoms with Crippen molar-refractivity contribution in [3.05, 3.63) is 113 Å². The van der Waals surface area contributed by atoms with Gasteiger partial charge in [-0.15, -0.1) is 34.0 Å². The fraction of sp³-hybridized carbons (Fsp3) is 0.417. The maximum atomic E-state index is 11.8. The molecule has 0 spiro atoms. The number of aliphatic hydroxyl groups excluding tert-OH is 1. The van der Waals surface area contributed by atoms with Crippen LogP contribution in [0.4, 0.5) is 11.4 Å². The maximum Gasteiger partial charge on any atom is 0.394 e. The lowest BCUT2D eigenvalue weighted by atomic mass is 9.97. The van der Waals surface area contributed by atoms with E-state index in [1.54, 1.807) is 40.9 Å². The largest absolute Gasteiger partial charge is 0.481 e. The topological polar surface area (TPSA) is 167 Å². The second-order valence-corrected chi connectivity index (χ2v) is 22.1. The number of halogens is 4. The number of carbonyl (C=O) groups is 2. The highest BCUT2D eigenvalue weighted by Gasteiger charge is 2.25. The minimum absolute atomic E-state index is 0.235. The van der Waals surface area contributed by atoms with Gasteiger partial charge in [-0.3, -0.25) is 13.9 Å². The molecule has 67 heavy (non-hydrogen) atoms. The van der Waals surface area contributed by atoms with Gasteiger partial charge in [0.1, 0.15) is 0 Å². The molecule has 0 amide bonds. The van der Waals surface area contributed by atoms with Crippen LogP contribution >= 0.6 is 94.1 Å². The summed E-state index contributed by atoms with van der Waals surface area (Å²) in [7, 11) is -4.67. The lowest BCUT2D eigenvalue weighted by Crippen LogP contribution is -2.04. The van der Waals surface area contributed by atoms with E-state index in [-0.39, 0.29) is 12.6 Å². The molecule has 0 atom stereocenters. The number of aliphatic hydroxyl groups is 1. The summed E-state index contributed by atoms with van der Waals surface area (Å²) in [6.07, 6.45) is 16.0. The highest BCUT2D eigenvalue weighted by Crippen LogP contribution is 2.48. The summed E-state index contributed by atoms with van der Waals surface area (Å²) < 4.78 is 42.8. The molecule has 4 N–H and O–H groups in total. The molecule has 3 aromatic carbocycles. The quantitative estimate of drug-likeness (QED) is 0.0746. The van der Waals surface area contributed by atoms with Crippen LogP contribution in [-0.4, -0.2) is 52.9 Å². The Morgan fingerprint density at radius 1 is 0.701 bits per heavy atom. The Bertz CT molecular complexity index is 2710. The van der Waals surface area contributed by atoms with Crippen LogP contribution in [0.5, 0.6) is 0 Å².